The van der Waals surface area contributed by atoms with Gasteiger partial charge in [-0.05, 0) is 36.8 Å². The minimum absolute atomic E-state index is 0.171. The summed E-state index contributed by atoms with van der Waals surface area (Å²) in [5.74, 6) is 0.288. The molecule has 1 aromatic rings. The summed E-state index contributed by atoms with van der Waals surface area (Å²) >= 11 is 0. The number of aryl methyl sites for hydroxylation is 1. The Kier molecular flexibility index (Phi) is 3.84. The van der Waals surface area contributed by atoms with Crippen LogP contribution in [0.1, 0.15) is 37.4 Å². The Morgan fingerprint density at radius 3 is 3.06 bits per heavy atom. The molecule has 1 heterocycles. The molecule has 94 valence electrons. The van der Waals surface area contributed by atoms with E-state index in [1.807, 2.05) is 23.0 Å². The number of ether oxygens (including phenoxy) is 1. The zero-order chi connectivity index (χ0) is 12.3. The number of methoxy groups -OCH3 is 1. The summed E-state index contributed by atoms with van der Waals surface area (Å²) in [6.07, 6.45) is 7.09. The number of hydrogen-bond acceptors (Lipinski definition) is 3. The van der Waals surface area contributed by atoms with Crippen LogP contribution in [0.2, 0.25) is 0 Å². The minimum Gasteiger partial charge on any atom is -0.469 e. The van der Waals surface area contributed by atoms with E-state index in [9.17, 15) is 9.90 Å². The van der Waals surface area contributed by atoms with Crippen molar-refractivity contribution in [3.63, 3.8) is 0 Å². The zero-order valence-corrected chi connectivity index (χ0v) is 10.1. The van der Waals surface area contributed by atoms with Gasteiger partial charge in [0.1, 0.15) is 0 Å². The fraction of sp³-hybridized carbons (Fsp3) is 0.615. The van der Waals surface area contributed by atoms with Gasteiger partial charge < -0.3 is 14.4 Å². The van der Waals surface area contributed by atoms with E-state index in [4.69, 9.17) is 0 Å². The second-order valence-corrected chi connectivity index (χ2v) is 4.64. The third-order valence-electron chi connectivity index (χ3n) is 3.21. The van der Waals surface area contributed by atoms with Gasteiger partial charge in [-0.2, -0.15) is 0 Å². The molecule has 1 aliphatic rings. The summed E-state index contributed by atoms with van der Waals surface area (Å²) in [5, 5.41) is 9.94. The Morgan fingerprint density at radius 2 is 2.41 bits per heavy atom. The van der Waals surface area contributed by atoms with Gasteiger partial charge in [0.25, 0.3) is 0 Å². The van der Waals surface area contributed by atoms with Gasteiger partial charge in [0.15, 0.2) is 0 Å². The molecule has 1 atom stereocenters. The van der Waals surface area contributed by atoms with Crippen LogP contribution in [0.25, 0.3) is 0 Å². The van der Waals surface area contributed by atoms with E-state index < -0.39 is 0 Å². The van der Waals surface area contributed by atoms with Crippen molar-refractivity contribution < 1.29 is 14.6 Å². The van der Waals surface area contributed by atoms with Crippen molar-refractivity contribution >= 4 is 5.97 Å². The largest absolute Gasteiger partial charge is 0.469 e. The lowest BCUT2D eigenvalue weighted by Gasteiger charge is -2.06. The first kappa shape index (κ1) is 12.2. The van der Waals surface area contributed by atoms with Crippen LogP contribution < -0.4 is 0 Å². The molecular weight excluding hydrogens is 218 g/mol. The molecule has 0 spiro atoms. The van der Waals surface area contributed by atoms with Crippen LogP contribution in [0.4, 0.5) is 0 Å². The SMILES string of the molecule is COC(=O)CCCn1ccc(C(O)C2CC2)c1. The number of esters is 1. The van der Waals surface area contributed by atoms with E-state index in [0.717, 1.165) is 31.4 Å². The van der Waals surface area contributed by atoms with Crippen molar-refractivity contribution in [1.29, 1.82) is 0 Å². The quantitative estimate of drug-likeness (QED) is 0.769. The first-order valence-electron chi connectivity index (χ1n) is 6.11. The molecule has 4 nitrogen and oxygen atoms in total. The normalized spacial score (nSPS) is 16.8. The van der Waals surface area contributed by atoms with E-state index in [1.54, 1.807) is 0 Å². The van der Waals surface area contributed by atoms with Gasteiger partial charge in [-0.25, -0.2) is 0 Å². The topological polar surface area (TPSA) is 51.5 Å². The van der Waals surface area contributed by atoms with Gasteiger partial charge in [0, 0.05) is 25.4 Å². The molecule has 2 rings (SSSR count). The van der Waals surface area contributed by atoms with Crippen molar-refractivity contribution in [3.8, 4) is 0 Å². The smallest absolute Gasteiger partial charge is 0.305 e. The first-order valence-corrected chi connectivity index (χ1v) is 6.11. The molecule has 1 unspecified atom stereocenters. The van der Waals surface area contributed by atoms with Crippen LogP contribution in [0.5, 0.6) is 0 Å². The van der Waals surface area contributed by atoms with Crippen molar-refractivity contribution in [2.24, 2.45) is 5.92 Å². The van der Waals surface area contributed by atoms with Crippen LogP contribution in [0, 0.1) is 5.92 Å². The molecule has 0 radical (unpaired) electrons. The van der Waals surface area contributed by atoms with Crippen LogP contribution in [0.3, 0.4) is 0 Å². The van der Waals surface area contributed by atoms with Crippen LogP contribution in [-0.4, -0.2) is 22.8 Å². The molecule has 0 saturated heterocycles. The fourth-order valence-electron chi connectivity index (χ4n) is 1.97. The predicted octanol–water partition coefficient (Wildman–Crippen LogP) is 1.88. The molecule has 0 amide bonds. The highest BCUT2D eigenvalue weighted by molar-refractivity contribution is 5.68. The summed E-state index contributed by atoms with van der Waals surface area (Å²) in [6, 6.07) is 1.96. The summed E-state index contributed by atoms with van der Waals surface area (Å²) in [4.78, 5) is 10.9. The molecule has 1 aromatic heterocycles. The Labute approximate surface area is 101 Å². The number of carbonyl (C=O) groups is 1. The molecule has 1 fully saturated rings. The lowest BCUT2D eigenvalue weighted by molar-refractivity contribution is -0.140. The lowest BCUT2D eigenvalue weighted by Crippen LogP contribution is -2.03. The molecule has 17 heavy (non-hydrogen) atoms. The molecule has 0 bridgehead atoms. The maximum absolute atomic E-state index is 10.9. The molecule has 1 saturated carbocycles. The van der Waals surface area contributed by atoms with Crippen molar-refractivity contribution in [2.45, 2.75) is 38.3 Å². The predicted molar refractivity (Wildman–Crippen MR) is 63.4 cm³/mol. The highest BCUT2D eigenvalue weighted by Crippen LogP contribution is 2.40. The van der Waals surface area contributed by atoms with Crippen LogP contribution in [-0.2, 0) is 16.1 Å². The Balaban J connectivity index is 1.79. The van der Waals surface area contributed by atoms with Crippen molar-refractivity contribution in [2.75, 3.05) is 7.11 Å². The van der Waals surface area contributed by atoms with Gasteiger partial charge in [0.05, 0.1) is 13.2 Å². The highest BCUT2D eigenvalue weighted by atomic mass is 16.5. The summed E-state index contributed by atoms with van der Waals surface area (Å²) in [5.41, 5.74) is 0.991. The Hall–Kier alpha value is -1.29. The summed E-state index contributed by atoms with van der Waals surface area (Å²) < 4.78 is 6.60. The third-order valence-corrected chi connectivity index (χ3v) is 3.21. The highest BCUT2D eigenvalue weighted by Gasteiger charge is 2.31. The van der Waals surface area contributed by atoms with E-state index in [-0.39, 0.29) is 12.1 Å². The molecule has 1 aliphatic carbocycles. The second-order valence-electron chi connectivity index (χ2n) is 4.64. The number of hydrogen-bond donors (Lipinski definition) is 1. The number of carbonyl (C=O) groups excluding carboxylic acids is 1. The van der Waals surface area contributed by atoms with Gasteiger partial charge in [0.2, 0.25) is 0 Å². The average molecular weight is 237 g/mol. The van der Waals surface area contributed by atoms with Crippen LogP contribution in [0.15, 0.2) is 18.5 Å². The maximum Gasteiger partial charge on any atom is 0.305 e. The number of aromatic nitrogens is 1. The zero-order valence-electron chi connectivity index (χ0n) is 10.1. The Bertz CT molecular complexity index is 382. The number of nitrogens with zero attached hydrogens (tertiary/aromatic N) is 1. The van der Waals surface area contributed by atoms with Crippen LogP contribution >= 0.6 is 0 Å². The molecular formula is C13H19NO3. The number of aliphatic hydroxyl groups is 1. The molecule has 0 aliphatic heterocycles. The molecule has 0 aromatic carbocycles. The van der Waals surface area contributed by atoms with Crippen molar-refractivity contribution in [1.82, 2.24) is 4.57 Å². The molecule has 4 heteroatoms. The van der Waals surface area contributed by atoms with Gasteiger partial charge in [-0.3, -0.25) is 4.79 Å². The van der Waals surface area contributed by atoms with Gasteiger partial charge in [-0.15, -0.1) is 0 Å². The van der Waals surface area contributed by atoms with E-state index in [0.29, 0.717) is 12.3 Å². The lowest BCUT2D eigenvalue weighted by atomic mass is 10.1. The first-order chi connectivity index (χ1) is 8.20. The average Bonchev–Trinajstić information content (AvgIpc) is 3.08. The van der Waals surface area contributed by atoms with Gasteiger partial charge >= 0.3 is 5.97 Å². The summed E-state index contributed by atoms with van der Waals surface area (Å²) in [7, 11) is 1.40. The standard InChI is InChI=1S/C13H19NO3/c1-17-12(15)3-2-7-14-8-6-11(9-14)13(16)10-4-5-10/h6,8-10,13,16H,2-5,7H2,1H3. The third kappa shape index (κ3) is 3.33. The Morgan fingerprint density at radius 1 is 1.65 bits per heavy atom. The minimum atomic E-state index is -0.308. The summed E-state index contributed by atoms with van der Waals surface area (Å²) in [6.45, 7) is 0.784. The number of aliphatic hydroxyl groups excluding tert-OH is 1. The fourth-order valence-corrected chi connectivity index (χ4v) is 1.97. The monoisotopic (exact) mass is 237 g/mol. The maximum atomic E-state index is 10.9. The molecule has 1 N–H and O–H groups in total. The van der Waals surface area contributed by atoms with E-state index in [1.165, 1.54) is 7.11 Å². The number of rotatable bonds is 6. The van der Waals surface area contributed by atoms with E-state index >= 15 is 0 Å². The van der Waals surface area contributed by atoms with Crippen molar-refractivity contribution in [3.05, 3.63) is 24.0 Å². The second kappa shape index (κ2) is 5.36. The van der Waals surface area contributed by atoms with E-state index in [2.05, 4.69) is 4.74 Å². The van der Waals surface area contributed by atoms with Gasteiger partial charge in [-0.1, -0.05) is 0 Å².